The number of nitrogens with zero attached hydrogens (tertiary/aromatic N) is 7. The number of halogens is 1. The van der Waals surface area contributed by atoms with Crippen molar-refractivity contribution < 1.29 is 0 Å². The molecule has 2 heterocycles. The molecule has 102 valence electrons. The predicted molar refractivity (Wildman–Crippen MR) is 72.8 cm³/mol. The molecule has 0 N–H and O–H groups in total. The smallest absolute Gasteiger partial charge is 0.196 e. The monoisotopic (exact) mass is 289 g/mol. The second-order valence-electron chi connectivity index (χ2n) is 4.34. The van der Waals surface area contributed by atoms with Gasteiger partial charge < -0.3 is 0 Å². The summed E-state index contributed by atoms with van der Waals surface area (Å²) >= 11 is 5.85. The average molecular weight is 290 g/mol. The molecule has 8 heteroatoms. The minimum Gasteiger partial charge on any atom is -0.242 e. The first-order valence-electron chi connectivity index (χ1n) is 6.05. The molecular formula is C12H12ClN7. The van der Waals surface area contributed by atoms with Gasteiger partial charge in [0, 0.05) is 5.02 Å². The first-order chi connectivity index (χ1) is 9.61. The number of hydrogen-bond acceptors (Lipinski definition) is 5. The van der Waals surface area contributed by atoms with E-state index in [2.05, 4.69) is 25.5 Å². The van der Waals surface area contributed by atoms with E-state index in [1.54, 1.807) is 16.8 Å². The molecule has 0 saturated heterocycles. The first kappa shape index (κ1) is 12.7. The zero-order valence-electron chi connectivity index (χ0n) is 11.0. The summed E-state index contributed by atoms with van der Waals surface area (Å²) in [5, 5.41) is 17.3. The second kappa shape index (κ2) is 5.01. The largest absolute Gasteiger partial charge is 0.242 e. The van der Waals surface area contributed by atoms with Crippen molar-refractivity contribution in [3.8, 4) is 5.69 Å². The van der Waals surface area contributed by atoms with Crippen LogP contribution in [0.1, 0.15) is 17.5 Å². The van der Waals surface area contributed by atoms with Crippen molar-refractivity contribution in [2.24, 2.45) is 0 Å². The Morgan fingerprint density at radius 3 is 2.50 bits per heavy atom. The maximum atomic E-state index is 5.85. The molecule has 3 rings (SSSR count). The average Bonchev–Trinajstić information content (AvgIpc) is 2.98. The summed E-state index contributed by atoms with van der Waals surface area (Å²) in [5.74, 6) is 2.13. The van der Waals surface area contributed by atoms with Crippen LogP contribution in [0.25, 0.3) is 5.69 Å². The van der Waals surface area contributed by atoms with Crippen molar-refractivity contribution in [1.82, 2.24) is 35.0 Å². The molecule has 20 heavy (non-hydrogen) atoms. The van der Waals surface area contributed by atoms with E-state index in [0.717, 1.165) is 17.3 Å². The normalized spacial score (nSPS) is 10.9. The second-order valence-corrected chi connectivity index (χ2v) is 4.77. The lowest BCUT2D eigenvalue weighted by Crippen LogP contribution is -2.06. The Bertz CT molecular complexity index is 729. The highest BCUT2D eigenvalue weighted by Gasteiger charge is 2.09. The topological polar surface area (TPSA) is 74.3 Å². The molecule has 0 unspecified atom stereocenters. The van der Waals surface area contributed by atoms with Crippen LogP contribution in [0.3, 0.4) is 0 Å². The molecule has 0 aliphatic rings. The summed E-state index contributed by atoms with van der Waals surface area (Å²) in [6.07, 6.45) is 0. The fraction of sp³-hybridized carbons (Fsp3) is 0.250. The summed E-state index contributed by atoms with van der Waals surface area (Å²) in [7, 11) is 0. The van der Waals surface area contributed by atoms with Crippen molar-refractivity contribution >= 4 is 11.6 Å². The van der Waals surface area contributed by atoms with E-state index in [4.69, 9.17) is 11.6 Å². The molecule has 0 amide bonds. The summed E-state index contributed by atoms with van der Waals surface area (Å²) in [4.78, 5) is 5.70. The Balaban J connectivity index is 1.83. The summed E-state index contributed by atoms with van der Waals surface area (Å²) < 4.78 is 1.75. The third-order valence-corrected chi connectivity index (χ3v) is 3.02. The SMILES string of the molecule is Cc1nc(C)n(Cc2nnn(-c3ccc(Cl)cc3)n2)n1. The van der Waals surface area contributed by atoms with Gasteiger partial charge in [-0.05, 0) is 43.3 Å². The lowest BCUT2D eigenvalue weighted by atomic mass is 10.3. The van der Waals surface area contributed by atoms with Gasteiger partial charge >= 0.3 is 0 Å². The van der Waals surface area contributed by atoms with Gasteiger partial charge in [-0.2, -0.15) is 5.10 Å². The van der Waals surface area contributed by atoms with Crippen LogP contribution in [0.4, 0.5) is 0 Å². The van der Waals surface area contributed by atoms with Crippen LogP contribution in [-0.4, -0.2) is 35.0 Å². The van der Waals surface area contributed by atoms with Crippen molar-refractivity contribution in [3.63, 3.8) is 0 Å². The molecule has 3 aromatic rings. The highest BCUT2D eigenvalue weighted by atomic mass is 35.5. The van der Waals surface area contributed by atoms with Gasteiger partial charge in [-0.1, -0.05) is 11.6 Å². The maximum absolute atomic E-state index is 5.85. The number of aryl methyl sites for hydroxylation is 2. The Kier molecular flexibility index (Phi) is 3.19. The van der Waals surface area contributed by atoms with E-state index in [1.165, 1.54) is 4.80 Å². The number of hydrogen-bond donors (Lipinski definition) is 0. The Morgan fingerprint density at radius 2 is 1.85 bits per heavy atom. The molecule has 7 nitrogen and oxygen atoms in total. The Morgan fingerprint density at radius 1 is 1.10 bits per heavy atom. The van der Waals surface area contributed by atoms with Crippen LogP contribution in [0.15, 0.2) is 24.3 Å². The fourth-order valence-electron chi connectivity index (χ4n) is 1.84. The summed E-state index contributed by atoms with van der Waals surface area (Å²) in [5.41, 5.74) is 0.805. The van der Waals surface area contributed by atoms with Crippen molar-refractivity contribution in [2.45, 2.75) is 20.4 Å². The number of aromatic nitrogens is 7. The minimum atomic E-state index is 0.445. The Labute approximate surface area is 120 Å². The highest BCUT2D eigenvalue weighted by Crippen LogP contribution is 2.11. The third kappa shape index (κ3) is 2.53. The number of benzene rings is 1. The molecule has 0 atom stereocenters. The molecule has 2 aromatic heterocycles. The molecule has 0 bridgehead atoms. The fourth-order valence-corrected chi connectivity index (χ4v) is 1.96. The van der Waals surface area contributed by atoms with E-state index in [0.29, 0.717) is 17.4 Å². The predicted octanol–water partition coefficient (Wildman–Crippen LogP) is 1.57. The van der Waals surface area contributed by atoms with Crippen LogP contribution in [-0.2, 0) is 6.54 Å². The molecule has 0 fully saturated rings. The standard InChI is InChI=1S/C12H12ClN7/c1-8-14-9(2)19(16-8)7-12-15-18-20(17-12)11-5-3-10(13)4-6-11/h3-6H,7H2,1-2H3. The maximum Gasteiger partial charge on any atom is 0.196 e. The molecule has 0 aliphatic carbocycles. The van der Waals surface area contributed by atoms with E-state index in [9.17, 15) is 0 Å². The van der Waals surface area contributed by atoms with Gasteiger partial charge in [-0.3, -0.25) is 0 Å². The van der Waals surface area contributed by atoms with Crippen molar-refractivity contribution in [2.75, 3.05) is 0 Å². The van der Waals surface area contributed by atoms with Crippen LogP contribution in [0.5, 0.6) is 0 Å². The highest BCUT2D eigenvalue weighted by molar-refractivity contribution is 6.30. The summed E-state index contributed by atoms with van der Waals surface area (Å²) in [6.45, 7) is 4.19. The zero-order valence-corrected chi connectivity index (χ0v) is 11.8. The van der Waals surface area contributed by atoms with Gasteiger partial charge in [-0.25, -0.2) is 9.67 Å². The molecule has 0 saturated carbocycles. The van der Waals surface area contributed by atoms with E-state index in [-0.39, 0.29) is 0 Å². The quantitative estimate of drug-likeness (QED) is 0.732. The van der Waals surface area contributed by atoms with Crippen LogP contribution < -0.4 is 0 Å². The van der Waals surface area contributed by atoms with Gasteiger partial charge in [-0.15, -0.1) is 15.0 Å². The van der Waals surface area contributed by atoms with E-state index in [1.807, 2.05) is 26.0 Å². The first-order valence-corrected chi connectivity index (χ1v) is 6.42. The Hall–Kier alpha value is -2.28. The molecule has 0 spiro atoms. The number of rotatable bonds is 3. The van der Waals surface area contributed by atoms with Gasteiger partial charge in [0.1, 0.15) is 18.2 Å². The van der Waals surface area contributed by atoms with Crippen LogP contribution >= 0.6 is 11.6 Å². The molecule has 0 radical (unpaired) electrons. The minimum absolute atomic E-state index is 0.445. The molecular weight excluding hydrogens is 278 g/mol. The van der Waals surface area contributed by atoms with Crippen molar-refractivity contribution in [3.05, 3.63) is 46.8 Å². The van der Waals surface area contributed by atoms with Crippen LogP contribution in [0.2, 0.25) is 5.02 Å². The lowest BCUT2D eigenvalue weighted by molar-refractivity contribution is 0.627. The lowest BCUT2D eigenvalue weighted by Gasteiger charge is -1.98. The van der Waals surface area contributed by atoms with Crippen molar-refractivity contribution in [1.29, 1.82) is 0 Å². The van der Waals surface area contributed by atoms with E-state index >= 15 is 0 Å². The number of tetrazole rings is 1. The third-order valence-electron chi connectivity index (χ3n) is 2.77. The molecule has 1 aromatic carbocycles. The van der Waals surface area contributed by atoms with Gasteiger partial charge in [0.25, 0.3) is 0 Å². The van der Waals surface area contributed by atoms with Gasteiger partial charge in [0.15, 0.2) is 5.82 Å². The van der Waals surface area contributed by atoms with Gasteiger partial charge in [0.2, 0.25) is 0 Å². The van der Waals surface area contributed by atoms with Gasteiger partial charge in [0.05, 0.1) is 5.69 Å². The molecule has 0 aliphatic heterocycles. The summed E-state index contributed by atoms with van der Waals surface area (Å²) in [6, 6.07) is 7.23. The van der Waals surface area contributed by atoms with Crippen LogP contribution in [0, 0.1) is 13.8 Å². The van der Waals surface area contributed by atoms with E-state index < -0.39 is 0 Å². The zero-order chi connectivity index (χ0) is 14.1.